The molecule has 0 radical (unpaired) electrons. The minimum Gasteiger partial charge on any atom is -0.481 e. The van der Waals surface area contributed by atoms with E-state index in [1.807, 2.05) is 37.3 Å². The lowest BCUT2D eigenvalue weighted by Crippen LogP contribution is -2.49. The van der Waals surface area contributed by atoms with E-state index in [1.165, 1.54) is 17.0 Å². The van der Waals surface area contributed by atoms with Gasteiger partial charge in [-0.2, -0.15) is 0 Å². The second kappa shape index (κ2) is 9.56. The van der Waals surface area contributed by atoms with Gasteiger partial charge in [0.15, 0.2) is 18.2 Å². The molecular formula is C20H23FN2O3. The first-order valence-corrected chi connectivity index (χ1v) is 8.51. The Morgan fingerprint density at radius 3 is 2.42 bits per heavy atom. The molecule has 0 aliphatic rings. The predicted molar refractivity (Wildman–Crippen MR) is 97.0 cm³/mol. The number of carbonyl (C=O) groups is 2. The van der Waals surface area contributed by atoms with E-state index in [1.54, 1.807) is 19.1 Å². The van der Waals surface area contributed by atoms with E-state index in [0.29, 0.717) is 6.54 Å². The summed E-state index contributed by atoms with van der Waals surface area (Å²) in [4.78, 5) is 26.3. The van der Waals surface area contributed by atoms with Gasteiger partial charge in [-0.1, -0.05) is 42.5 Å². The number of amides is 2. The number of hydrogen-bond acceptors (Lipinski definition) is 3. The largest absolute Gasteiger partial charge is 0.481 e. The smallest absolute Gasteiger partial charge is 0.261 e. The van der Waals surface area contributed by atoms with E-state index in [4.69, 9.17) is 4.74 Å². The van der Waals surface area contributed by atoms with E-state index in [-0.39, 0.29) is 24.8 Å². The molecule has 1 atom stereocenters. The standard InChI is InChI=1S/C20H23FN2O3/c1-3-22-20(25)15(2)23(13-16-9-5-4-6-10-16)19(24)14-26-18-12-8-7-11-17(18)21/h4-12,15H,3,13-14H2,1-2H3,(H,22,25)/t15-/m0/s1. The van der Waals surface area contributed by atoms with E-state index in [0.717, 1.165) is 5.56 Å². The molecule has 0 aliphatic heterocycles. The number of carbonyl (C=O) groups excluding carboxylic acids is 2. The number of rotatable bonds is 8. The molecule has 2 amide bonds. The van der Waals surface area contributed by atoms with Crippen LogP contribution in [0.2, 0.25) is 0 Å². The Morgan fingerprint density at radius 2 is 1.77 bits per heavy atom. The predicted octanol–water partition coefficient (Wildman–Crippen LogP) is 2.76. The van der Waals surface area contributed by atoms with Gasteiger partial charge in [0, 0.05) is 13.1 Å². The lowest BCUT2D eigenvalue weighted by molar-refractivity contribution is -0.142. The Hall–Kier alpha value is -2.89. The van der Waals surface area contributed by atoms with Crippen LogP contribution in [0.15, 0.2) is 54.6 Å². The maximum atomic E-state index is 13.7. The van der Waals surface area contributed by atoms with Gasteiger partial charge in [-0.25, -0.2) is 4.39 Å². The first-order valence-electron chi connectivity index (χ1n) is 8.51. The zero-order valence-corrected chi connectivity index (χ0v) is 14.9. The summed E-state index contributed by atoms with van der Waals surface area (Å²) in [6.07, 6.45) is 0. The number of para-hydroxylation sites is 1. The van der Waals surface area contributed by atoms with Crippen molar-refractivity contribution in [1.29, 1.82) is 0 Å². The number of ether oxygens (including phenoxy) is 1. The fourth-order valence-electron chi connectivity index (χ4n) is 2.47. The molecule has 0 unspecified atom stereocenters. The average Bonchev–Trinajstić information content (AvgIpc) is 2.65. The number of nitrogens with one attached hydrogen (secondary N) is 1. The highest BCUT2D eigenvalue weighted by Crippen LogP contribution is 2.16. The van der Waals surface area contributed by atoms with Crippen LogP contribution < -0.4 is 10.1 Å². The number of benzene rings is 2. The van der Waals surface area contributed by atoms with Crippen LogP contribution >= 0.6 is 0 Å². The summed E-state index contributed by atoms with van der Waals surface area (Å²) >= 11 is 0. The fourth-order valence-corrected chi connectivity index (χ4v) is 2.47. The monoisotopic (exact) mass is 358 g/mol. The molecule has 1 N–H and O–H groups in total. The van der Waals surface area contributed by atoms with Crippen molar-refractivity contribution in [2.75, 3.05) is 13.2 Å². The number of halogens is 1. The maximum Gasteiger partial charge on any atom is 0.261 e. The van der Waals surface area contributed by atoms with Crippen molar-refractivity contribution in [3.63, 3.8) is 0 Å². The first-order chi connectivity index (χ1) is 12.5. The summed E-state index contributed by atoms with van der Waals surface area (Å²) in [5.41, 5.74) is 0.892. The number of likely N-dealkylation sites (N-methyl/N-ethyl adjacent to an activating group) is 1. The molecule has 2 aromatic carbocycles. The van der Waals surface area contributed by atoms with Crippen LogP contribution in [-0.4, -0.2) is 35.9 Å². The molecule has 6 heteroatoms. The molecule has 138 valence electrons. The second-order valence-electron chi connectivity index (χ2n) is 5.80. The highest BCUT2D eigenvalue weighted by molar-refractivity contribution is 5.87. The van der Waals surface area contributed by atoms with Crippen LogP contribution in [0.3, 0.4) is 0 Å². The molecule has 5 nitrogen and oxygen atoms in total. The molecule has 0 heterocycles. The van der Waals surface area contributed by atoms with Crippen LogP contribution in [0.25, 0.3) is 0 Å². The summed E-state index contributed by atoms with van der Waals surface area (Å²) in [5, 5.41) is 2.72. The summed E-state index contributed by atoms with van der Waals surface area (Å²) in [7, 11) is 0. The molecule has 0 saturated carbocycles. The molecule has 0 spiro atoms. The minimum absolute atomic E-state index is 0.00572. The molecular weight excluding hydrogens is 335 g/mol. The second-order valence-corrected chi connectivity index (χ2v) is 5.80. The molecule has 2 rings (SSSR count). The van der Waals surface area contributed by atoms with Crippen molar-refractivity contribution in [2.24, 2.45) is 0 Å². The normalized spacial score (nSPS) is 11.5. The zero-order valence-electron chi connectivity index (χ0n) is 14.9. The summed E-state index contributed by atoms with van der Waals surface area (Å²) in [5.74, 6) is -1.17. The highest BCUT2D eigenvalue weighted by atomic mass is 19.1. The van der Waals surface area contributed by atoms with Crippen LogP contribution in [0.5, 0.6) is 5.75 Å². The van der Waals surface area contributed by atoms with Gasteiger partial charge in [-0.3, -0.25) is 9.59 Å². The van der Waals surface area contributed by atoms with Crippen molar-refractivity contribution in [3.8, 4) is 5.75 Å². The third-order valence-corrected chi connectivity index (χ3v) is 3.90. The first kappa shape index (κ1) is 19.4. The van der Waals surface area contributed by atoms with E-state index in [9.17, 15) is 14.0 Å². The number of nitrogens with zero attached hydrogens (tertiary/aromatic N) is 1. The van der Waals surface area contributed by atoms with Gasteiger partial charge in [-0.05, 0) is 31.5 Å². The Bertz CT molecular complexity index is 737. The van der Waals surface area contributed by atoms with Gasteiger partial charge in [0.1, 0.15) is 6.04 Å². The Morgan fingerprint density at radius 1 is 1.12 bits per heavy atom. The topological polar surface area (TPSA) is 58.6 Å². The van der Waals surface area contributed by atoms with Gasteiger partial charge in [0.05, 0.1) is 0 Å². The summed E-state index contributed by atoms with van der Waals surface area (Å²) in [6, 6.07) is 14.6. The lowest BCUT2D eigenvalue weighted by Gasteiger charge is -2.28. The average molecular weight is 358 g/mol. The lowest BCUT2D eigenvalue weighted by atomic mass is 10.1. The van der Waals surface area contributed by atoms with Gasteiger partial charge < -0.3 is 15.0 Å². The van der Waals surface area contributed by atoms with E-state index >= 15 is 0 Å². The molecule has 0 bridgehead atoms. The van der Waals surface area contributed by atoms with Crippen molar-refractivity contribution < 1.29 is 18.7 Å². The summed E-state index contributed by atoms with van der Waals surface area (Å²) in [6.45, 7) is 3.86. The van der Waals surface area contributed by atoms with E-state index in [2.05, 4.69) is 5.32 Å². The van der Waals surface area contributed by atoms with Gasteiger partial charge in [0.2, 0.25) is 5.91 Å². The number of hydrogen-bond donors (Lipinski definition) is 1. The molecule has 2 aromatic rings. The van der Waals surface area contributed by atoms with Crippen LogP contribution in [0.4, 0.5) is 4.39 Å². The summed E-state index contributed by atoms with van der Waals surface area (Å²) < 4.78 is 19.0. The quantitative estimate of drug-likeness (QED) is 0.789. The molecule has 0 saturated heterocycles. The van der Waals surface area contributed by atoms with Crippen molar-refractivity contribution in [1.82, 2.24) is 10.2 Å². The SMILES string of the molecule is CCNC(=O)[C@H](C)N(Cc1ccccc1)C(=O)COc1ccccc1F. The van der Waals surface area contributed by atoms with Gasteiger partial charge >= 0.3 is 0 Å². The van der Waals surface area contributed by atoms with Crippen LogP contribution in [0.1, 0.15) is 19.4 Å². The Balaban J connectivity index is 2.12. The molecule has 0 aromatic heterocycles. The Labute approximate surface area is 152 Å². The zero-order chi connectivity index (χ0) is 18.9. The van der Waals surface area contributed by atoms with Gasteiger partial charge in [0.25, 0.3) is 5.91 Å². The molecule has 26 heavy (non-hydrogen) atoms. The van der Waals surface area contributed by atoms with Crippen molar-refractivity contribution in [3.05, 3.63) is 66.0 Å². The molecule has 0 fully saturated rings. The van der Waals surface area contributed by atoms with Gasteiger partial charge in [-0.15, -0.1) is 0 Å². The minimum atomic E-state index is -0.674. The van der Waals surface area contributed by atoms with Crippen LogP contribution in [-0.2, 0) is 16.1 Å². The molecule has 0 aliphatic carbocycles. The Kier molecular flexibility index (Phi) is 7.14. The highest BCUT2D eigenvalue weighted by Gasteiger charge is 2.26. The third kappa shape index (κ3) is 5.31. The maximum absolute atomic E-state index is 13.7. The third-order valence-electron chi connectivity index (χ3n) is 3.90. The van der Waals surface area contributed by atoms with Crippen molar-refractivity contribution >= 4 is 11.8 Å². The van der Waals surface area contributed by atoms with E-state index < -0.39 is 17.8 Å². The van der Waals surface area contributed by atoms with Crippen molar-refractivity contribution in [2.45, 2.75) is 26.4 Å². The fraction of sp³-hybridized carbons (Fsp3) is 0.300. The van der Waals surface area contributed by atoms with Crippen LogP contribution in [0, 0.1) is 5.82 Å².